The smallest absolute Gasteiger partial charge is 0.0365 e. The molecule has 0 radical (unpaired) electrons. The van der Waals surface area contributed by atoms with Crippen molar-refractivity contribution in [2.45, 2.75) is 39.2 Å². The lowest BCUT2D eigenvalue weighted by Crippen LogP contribution is -2.49. The second kappa shape index (κ2) is 2.88. The zero-order chi connectivity index (χ0) is 8.48. The van der Waals surface area contributed by atoms with Crippen molar-refractivity contribution in [3.8, 4) is 0 Å². The molecule has 1 heterocycles. The van der Waals surface area contributed by atoms with Crippen molar-refractivity contribution in [2.75, 3.05) is 6.54 Å². The van der Waals surface area contributed by atoms with Gasteiger partial charge in [0.05, 0.1) is 0 Å². The Morgan fingerprint density at radius 2 is 2.18 bits per heavy atom. The van der Waals surface area contributed by atoms with Crippen molar-refractivity contribution in [1.82, 2.24) is 4.90 Å². The van der Waals surface area contributed by atoms with Crippen molar-refractivity contribution in [2.24, 2.45) is 5.92 Å². The molecule has 1 aliphatic heterocycles. The van der Waals surface area contributed by atoms with Gasteiger partial charge in [-0.25, -0.2) is 0 Å². The average molecular weight is 153 g/mol. The number of piperidine rings is 1. The Hall–Kier alpha value is -0.460. The van der Waals surface area contributed by atoms with Crippen molar-refractivity contribution in [3.63, 3.8) is 0 Å². The van der Waals surface area contributed by atoms with Gasteiger partial charge in [0.1, 0.15) is 0 Å². The normalized spacial score (nSPS) is 30.1. The van der Waals surface area contributed by atoms with Crippen LogP contribution in [0, 0.1) is 5.92 Å². The highest BCUT2D eigenvalue weighted by atomic mass is 15.2. The molecule has 1 heteroatoms. The summed E-state index contributed by atoms with van der Waals surface area (Å²) in [7, 11) is 0. The zero-order valence-electron chi connectivity index (χ0n) is 7.93. The first-order valence-electron chi connectivity index (χ1n) is 4.48. The second-order valence-corrected chi connectivity index (χ2v) is 4.07. The molecule has 0 aromatic heterocycles. The maximum atomic E-state index is 3.84. The Morgan fingerprint density at radius 3 is 2.64 bits per heavy atom. The minimum Gasteiger partial charge on any atom is -0.373 e. The monoisotopic (exact) mass is 153 g/mol. The first-order valence-corrected chi connectivity index (χ1v) is 4.48. The van der Waals surface area contributed by atoms with Crippen LogP contribution in [0.2, 0.25) is 0 Å². The van der Waals surface area contributed by atoms with E-state index >= 15 is 0 Å². The van der Waals surface area contributed by atoms with Crippen molar-refractivity contribution in [3.05, 3.63) is 12.8 Å². The number of rotatable bonds is 1. The number of hydrogen-bond donors (Lipinski definition) is 0. The van der Waals surface area contributed by atoms with Gasteiger partial charge in [0.15, 0.2) is 0 Å². The SMILES string of the molecule is C=CN1CCCC(C)C1(C)C. The van der Waals surface area contributed by atoms with Gasteiger partial charge in [0, 0.05) is 12.1 Å². The van der Waals surface area contributed by atoms with Crippen molar-refractivity contribution < 1.29 is 0 Å². The van der Waals surface area contributed by atoms with Gasteiger partial charge < -0.3 is 4.90 Å². The van der Waals surface area contributed by atoms with Crippen LogP contribution in [0.15, 0.2) is 12.8 Å². The quantitative estimate of drug-likeness (QED) is 0.560. The molecule has 1 nitrogen and oxygen atoms in total. The minimum absolute atomic E-state index is 0.319. The molecule has 11 heavy (non-hydrogen) atoms. The number of hydrogen-bond acceptors (Lipinski definition) is 1. The molecule has 64 valence electrons. The molecule has 0 saturated carbocycles. The third-order valence-electron chi connectivity index (χ3n) is 3.20. The van der Waals surface area contributed by atoms with E-state index in [4.69, 9.17) is 0 Å². The van der Waals surface area contributed by atoms with E-state index in [1.165, 1.54) is 19.4 Å². The lowest BCUT2D eigenvalue weighted by atomic mass is 9.81. The molecule has 0 amide bonds. The van der Waals surface area contributed by atoms with Gasteiger partial charge in [-0.3, -0.25) is 0 Å². The van der Waals surface area contributed by atoms with Crippen LogP contribution in [0.3, 0.4) is 0 Å². The molecule has 1 fully saturated rings. The van der Waals surface area contributed by atoms with E-state index < -0.39 is 0 Å². The molecule has 1 saturated heterocycles. The minimum atomic E-state index is 0.319. The third-order valence-corrected chi connectivity index (χ3v) is 3.20. The van der Waals surface area contributed by atoms with Crippen LogP contribution >= 0.6 is 0 Å². The maximum Gasteiger partial charge on any atom is 0.0365 e. The molecule has 0 N–H and O–H groups in total. The van der Waals surface area contributed by atoms with E-state index in [9.17, 15) is 0 Å². The van der Waals surface area contributed by atoms with E-state index in [0.29, 0.717) is 5.54 Å². The molecular formula is C10H19N. The van der Waals surface area contributed by atoms with Crippen LogP contribution in [0.25, 0.3) is 0 Å². The highest BCUT2D eigenvalue weighted by Gasteiger charge is 2.33. The lowest BCUT2D eigenvalue weighted by Gasteiger charge is -2.46. The molecule has 0 spiro atoms. The highest BCUT2D eigenvalue weighted by molar-refractivity contribution is 4.94. The van der Waals surface area contributed by atoms with Crippen LogP contribution in [-0.4, -0.2) is 17.0 Å². The molecule has 0 aromatic rings. The summed E-state index contributed by atoms with van der Waals surface area (Å²) < 4.78 is 0. The van der Waals surface area contributed by atoms with E-state index in [1.807, 2.05) is 6.20 Å². The number of nitrogens with zero attached hydrogens (tertiary/aromatic N) is 1. The van der Waals surface area contributed by atoms with Gasteiger partial charge in [-0.05, 0) is 38.8 Å². The summed E-state index contributed by atoms with van der Waals surface area (Å²) in [4.78, 5) is 2.36. The van der Waals surface area contributed by atoms with Gasteiger partial charge in [0.2, 0.25) is 0 Å². The van der Waals surface area contributed by atoms with Gasteiger partial charge in [-0.2, -0.15) is 0 Å². The summed E-state index contributed by atoms with van der Waals surface area (Å²) in [5, 5.41) is 0. The predicted molar refractivity (Wildman–Crippen MR) is 49.4 cm³/mol. The fraction of sp³-hybridized carbons (Fsp3) is 0.800. The zero-order valence-corrected chi connectivity index (χ0v) is 7.93. The molecule has 1 unspecified atom stereocenters. The van der Waals surface area contributed by atoms with Gasteiger partial charge in [-0.1, -0.05) is 13.5 Å². The van der Waals surface area contributed by atoms with Crippen molar-refractivity contribution in [1.29, 1.82) is 0 Å². The first kappa shape index (κ1) is 8.63. The summed E-state index contributed by atoms with van der Waals surface area (Å²) in [6, 6.07) is 0. The van der Waals surface area contributed by atoms with E-state index in [1.54, 1.807) is 0 Å². The summed E-state index contributed by atoms with van der Waals surface area (Å²) in [6.45, 7) is 12.0. The second-order valence-electron chi connectivity index (χ2n) is 4.07. The van der Waals surface area contributed by atoms with Gasteiger partial charge in [0.25, 0.3) is 0 Å². The fourth-order valence-electron chi connectivity index (χ4n) is 1.82. The maximum absolute atomic E-state index is 3.84. The Morgan fingerprint density at radius 1 is 1.55 bits per heavy atom. The van der Waals surface area contributed by atoms with Crippen LogP contribution in [-0.2, 0) is 0 Å². The molecule has 1 atom stereocenters. The van der Waals surface area contributed by atoms with Crippen LogP contribution in [0.4, 0.5) is 0 Å². The predicted octanol–water partition coefficient (Wildman–Crippen LogP) is 2.64. The Labute approximate surface area is 70.1 Å². The Kier molecular flexibility index (Phi) is 2.26. The van der Waals surface area contributed by atoms with Crippen LogP contribution in [0.5, 0.6) is 0 Å². The largest absolute Gasteiger partial charge is 0.373 e. The standard InChI is InChI=1S/C10H19N/c1-5-11-8-6-7-9(2)10(11,3)4/h5,9H,1,6-8H2,2-4H3. The average Bonchev–Trinajstić information content (AvgIpc) is 1.95. The fourth-order valence-corrected chi connectivity index (χ4v) is 1.82. The van der Waals surface area contributed by atoms with Gasteiger partial charge >= 0.3 is 0 Å². The van der Waals surface area contributed by atoms with E-state index in [0.717, 1.165) is 5.92 Å². The lowest BCUT2D eigenvalue weighted by molar-refractivity contribution is 0.0748. The van der Waals surface area contributed by atoms with Gasteiger partial charge in [-0.15, -0.1) is 0 Å². The molecule has 0 aliphatic carbocycles. The number of likely N-dealkylation sites (tertiary alicyclic amines) is 1. The Bertz CT molecular complexity index is 149. The summed E-state index contributed by atoms with van der Waals surface area (Å²) in [5.41, 5.74) is 0.319. The summed E-state index contributed by atoms with van der Waals surface area (Å²) >= 11 is 0. The van der Waals surface area contributed by atoms with Crippen LogP contribution in [0.1, 0.15) is 33.6 Å². The van der Waals surface area contributed by atoms with Crippen LogP contribution < -0.4 is 0 Å². The molecule has 0 aromatic carbocycles. The molecular weight excluding hydrogens is 134 g/mol. The third kappa shape index (κ3) is 1.42. The molecule has 1 rings (SSSR count). The van der Waals surface area contributed by atoms with E-state index in [-0.39, 0.29) is 0 Å². The Balaban J connectivity index is 2.72. The summed E-state index contributed by atoms with van der Waals surface area (Å²) in [5.74, 6) is 0.786. The topological polar surface area (TPSA) is 3.24 Å². The summed E-state index contributed by atoms with van der Waals surface area (Å²) in [6.07, 6.45) is 4.66. The van der Waals surface area contributed by atoms with Crippen molar-refractivity contribution >= 4 is 0 Å². The van der Waals surface area contributed by atoms with E-state index in [2.05, 4.69) is 32.3 Å². The highest BCUT2D eigenvalue weighted by Crippen LogP contribution is 2.32. The first-order chi connectivity index (χ1) is 5.09. The molecule has 0 bridgehead atoms. The molecule has 1 aliphatic rings.